The molecular weight excluding hydrogens is 588 g/mol. The molecule has 0 aromatic carbocycles. The van der Waals surface area contributed by atoms with E-state index in [2.05, 4.69) is 60.0 Å². The first-order valence-electron chi connectivity index (χ1n) is 13.8. The van der Waals surface area contributed by atoms with Gasteiger partial charge in [-0.25, -0.2) is 9.59 Å². The number of Topliss-reactive ketones (excluding diaryl/α,β-unsaturated/α-hetero) is 1. The van der Waals surface area contributed by atoms with Gasteiger partial charge in [0.25, 0.3) is 0 Å². The number of rotatable bonds is 0. The molecule has 5 rings (SSSR count). The molecule has 0 unspecified atom stereocenters. The number of aryl methyl sites for hydroxylation is 1. The van der Waals surface area contributed by atoms with Crippen LogP contribution in [-0.2, 0) is 33.4 Å². The van der Waals surface area contributed by atoms with E-state index < -0.39 is 17.4 Å². The van der Waals surface area contributed by atoms with Gasteiger partial charge in [0.05, 0.1) is 18.9 Å². The van der Waals surface area contributed by atoms with E-state index in [1.54, 1.807) is 20.8 Å². The maximum atomic E-state index is 11.0. The van der Waals surface area contributed by atoms with Crippen LogP contribution in [0.1, 0.15) is 72.0 Å². The number of aromatic hydroxyl groups is 1. The topological polar surface area (TPSA) is 188 Å². The first-order chi connectivity index (χ1) is 20.6. The Labute approximate surface area is 262 Å². The van der Waals surface area contributed by atoms with Gasteiger partial charge in [0.15, 0.2) is 0 Å². The molecule has 4 fully saturated rings. The molecule has 3 aliphatic heterocycles. The Kier molecular flexibility index (Phi) is 14.2. The quantitative estimate of drug-likeness (QED) is 0.272. The molecule has 3 N–H and O–H groups in total. The minimum Gasteiger partial charge on any atom is -0.508 e. The van der Waals surface area contributed by atoms with Gasteiger partial charge in [0, 0.05) is 38.5 Å². The monoisotopic (exact) mass is 630 g/mol. The average Bonchev–Trinajstić information content (AvgIpc) is 3.18. The molecule has 1 aliphatic carbocycles. The molecule has 1 aromatic heterocycles. The van der Waals surface area contributed by atoms with Crippen LogP contribution in [0.4, 0.5) is 4.79 Å². The van der Waals surface area contributed by atoms with Crippen molar-refractivity contribution in [3.63, 3.8) is 0 Å². The van der Waals surface area contributed by atoms with Crippen molar-refractivity contribution in [3.8, 4) is 5.75 Å². The highest BCUT2D eigenvalue weighted by atomic mass is 16.7. The van der Waals surface area contributed by atoms with Gasteiger partial charge in [0.1, 0.15) is 36.1 Å². The summed E-state index contributed by atoms with van der Waals surface area (Å²) in [6.07, 6.45) is 3.13. The van der Waals surface area contributed by atoms with Crippen molar-refractivity contribution in [2.24, 2.45) is 5.41 Å². The fraction of sp³-hybridized carbons (Fsp3) is 0.438. The number of imide groups is 1. The molecule has 13 heteroatoms. The summed E-state index contributed by atoms with van der Waals surface area (Å²) in [5, 5.41) is 13.1. The number of cyclic esters (lactones) is 2. The molecule has 3 saturated heterocycles. The fourth-order valence-corrected chi connectivity index (χ4v) is 4.23. The normalized spacial score (nSPS) is 19.5. The number of ketones is 1. The van der Waals surface area contributed by atoms with Crippen molar-refractivity contribution in [2.45, 2.75) is 78.9 Å². The average molecular weight is 631 g/mol. The van der Waals surface area contributed by atoms with Crippen LogP contribution in [0.15, 0.2) is 70.3 Å². The molecule has 246 valence electrons. The van der Waals surface area contributed by atoms with Crippen molar-refractivity contribution in [2.75, 3.05) is 6.61 Å². The zero-order valence-electron chi connectivity index (χ0n) is 26.5. The van der Waals surface area contributed by atoms with Crippen LogP contribution < -0.4 is 16.3 Å². The van der Waals surface area contributed by atoms with E-state index in [0.717, 1.165) is 30.1 Å². The minimum absolute atomic E-state index is 0.0521. The lowest BCUT2D eigenvalue weighted by Crippen LogP contribution is -2.44. The second-order valence-corrected chi connectivity index (χ2v) is 11.8. The Bertz CT molecular complexity index is 1260. The highest BCUT2D eigenvalue weighted by Crippen LogP contribution is 2.35. The second-order valence-electron chi connectivity index (χ2n) is 11.8. The van der Waals surface area contributed by atoms with Gasteiger partial charge in [-0.15, -0.1) is 0 Å². The third-order valence-corrected chi connectivity index (χ3v) is 5.57. The summed E-state index contributed by atoms with van der Waals surface area (Å²) >= 11 is 0. The number of hydrogen-bond acceptors (Lipinski definition) is 11. The number of urea groups is 1. The zero-order chi connectivity index (χ0) is 34.5. The van der Waals surface area contributed by atoms with Crippen LogP contribution >= 0.6 is 0 Å². The smallest absolute Gasteiger partial charge is 0.339 e. The molecule has 4 aliphatic rings. The van der Waals surface area contributed by atoms with Gasteiger partial charge in [0.2, 0.25) is 11.7 Å². The van der Waals surface area contributed by atoms with E-state index in [-0.39, 0.29) is 41.9 Å². The van der Waals surface area contributed by atoms with E-state index in [4.69, 9.17) is 14.6 Å². The first-order valence-corrected chi connectivity index (χ1v) is 13.8. The molecular formula is C32H42N2O11. The standard InChI is InChI=1S/C9H14O.C7H10O3.C6H6O3.C5H6N2O2.C5H6O2/c1-7-4-8(10)6-9(2,3)5-7;1-5-4-6(8)10-7(2,3)9-5;1-4-2-5(7)3-6(8)9-4;1-3-2-4(8)7-5(9)6-3;1-4-2-5(6)7-3-4/h1,4-6H2,2-3H3;1,4H2,2-3H3;2-3,7H,1H3;1-2H2,(H2,6,7,8,9);1-3H2. The second kappa shape index (κ2) is 16.8. The van der Waals surface area contributed by atoms with E-state index >= 15 is 0 Å². The summed E-state index contributed by atoms with van der Waals surface area (Å²) in [5.41, 5.74) is 2.08. The van der Waals surface area contributed by atoms with Crippen molar-refractivity contribution in [1.29, 1.82) is 0 Å². The Morgan fingerprint density at radius 1 is 0.778 bits per heavy atom. The summed E-state index contributed by atoms with van der Waals surface area (Å²) in [5.74, 6) is -0.367. The van der Waals surface area contributed by atoms with Crippen molar-refractivity contribution in [3.05, 3.63) is 77.2 Å². The number of carbonyl (C=O) groups is 5. The summed E-state index contributed by atoms with van der Waals surface area (Å²) in [4.78, 5) is 63.1. The van der Waals surface area contributed by atoms with Crippen LogP contribution in [0.2, 0.25) is 0 Å². The van der Waals surface area contributed by atoms with Gasteiger partial charge in [-0.1, -0.05) is 45.7 Å². The number of ether oxygens (including phenoxy) is 3. The predicted octanol–water partition coefficient (Wildman–Crippen LogP) is 4.39. The highest BCUT2D eigenvalue weighted by molar-refractivity contribution is 5.99. The van der Waals surface area contributed by atoms with Gasteiger partial charge < -0.3 is 29.1 Å². The third-order valence-electron chi connectivity index (χ3n) is 5.57. The molecule has 0 spiro atoms. The van der Waals surface area contributed by atoms with Crippen LogP contribution in [-0.4, -0.2) is 47.2 Å². The summed E-state index contributed by atoms with van der Waals surface area (Å²) in [6, 6.07) is 1.91. The molecule has 0 radical (unpaired) electrons. The van der Waals surface area contributed by atoms with Crippen molar-refractivity contribution >= 4 is 29.7 Å². The van der Waals surface area contributed by atoms with Gasteiger partial charge in [-0.2, -0.15) is 0 Å². The molecule has 1 aromatic rings. The summed E-state index contributed by atoms with van der Waals surface area (Å²) in [6.45, 7) is 24.0. The Morgan fingerprint density at radius 3 is 1.80 bits per heavy atom. The van der Waals surface area contributed by atoms with E-state index in [1.807, 2.05) is 0 Å². The lowest BCUT2D eigenvalue weighted by atomic mass is 9.75. The highest BCUT2D eigenvalue weighted by Gasteiger charge is 2.31. The van der Waals surface area contributed by atoms with Crippen LogP contribution in [0.25, 0.3) is 0 Å². The molecule has 0 bridgehead atoms. The number of nitrogens with one attached hydrogen (secondary N) is 2. The molecule has 1 saturated carbocycles. The minimum atomic E-state index is -0.827. The summed E-state index contributed by atoms with van der Waals surface area (Å²) in [7, 11) is 0. The van der Waals surface area contributed by atoms with Gasteiger partial charge >= 0.3 is 23.6 Å². The lowest BCUT2D eigenvalue weighted by Gasteiger charge is -2.31. The maximum absolute atomic E-state index is 11.0. The van der Waals surface area contributed by atoms with Gasteiger partial charge in [-0.3, -0.25) is 24.5 Å². The van der Waals surface area contributed by atoms with E-state index in [9.17, 15) is 28.8 Å². The Hall–Kier alpha value is -4.94. The molecule has 45 heavy (non-hydrogen) atoms. The zero-order valence-corrected chi connectivity index (χ0v) is 26.5. The number of amides is 3. The molecule has 4 heterocycles. The Balaban J connectivity index is 0.000000283. The third kappa shape index (κ3) is 17.1. The molecule has 0 atom stereocenters. The number of carbonyl (C=O) groups excluding carboxylic acids is 5. The van der Waals surface area contributed by atoms with Crippen LogP contribution in [0.3, 0.4) is 0 Å². The van der Waals surface area contributed by atoms with Crippen molar-refractivity contribution < 1.29 is 47.7 Å². The Morgan fingerprint density at radius 2 is 1.42 bits per heavy atom. The van der Waals surface area contributed by atoms with Gasteiger partial charge in [-0.05, 0) is 24.3 Å². The number of allylic oxidation sites excluding steroid dienone is 1. The largest absolute Gasteiger partial charge is 0.508 e. The molecule has 3 amide bonds. The number of hydrogen-bond donors (Lipinski definition) is 3. The number of esters is 2. The maximum Gasteiger partial charge on any atom is 0.339 e. The first kappa shape index (κ1) is 38.1. The predicted molar refractivity (Wildman–Crippen MR) is 163 cm³/mol. The van der Waals surface area contributed by atoms with Crippen molar-refractivity contribution in [1.82, 2.24) is 10.6 Å². The fourth-order valence-electron chi connectivity index (χ4n) is 4.23. The molecule has 13 nitrogen and oxygen atoms in total. The lowest BCUT2D eigenvalue weighted by molar-refractivity contribution is -0.217. The van der Waals surface area contributed by atoms with E-state index in [0.29, 0.717) is 42.4 Å². The van der Waals surface area contributed by atoms with E-state index in [1.165, 1.54) is 6.07 Å². The summed E-state index contributed by atoms with van der Waals surface area (Å²) < 4.78 is 19.0. The SMILES string of the molecule is C=C1CC(=O)CC(C)(C)C1.C=C1CC(=O)NC(=O)N1.C=C1CC(=O)OC(C)(C)O1.C=C1COC(=O)C1.Cc1cc(O)cc(=O)o1. The van der Waals surface area contributed by atoms with Crippen LogP contribution in [0.5, 0.6) is 5.75 Å². The van der Waals surface area contributed by atoms with Crippen LogP contribution in [0, 0.1) is 12.3 Å².